The lowest BCUT2D eigenvalue weighted by Gasteiger charge is -2.10. The van der Waals surface area contributed by atoms with Crippen molar-refractivity contribution in [3.05, 3.63) is 53.6 Å². The Morgan fingerprint density at radius 2 is 2.26 bits per heavy atom. The number of rotatable bonds is 5. The highest BCUT2D eigenvalue weighted by molar-refractivity contribution is 7.13. The molecule has 1 aliphatic rings. The Bertz CT molecular complexity index is 1250. The summed E-state index contributed by atoms with van der Waals surface area (Å²) in [4.78, 5) is 26.0. The summed E-state index contributed by atoms with van der Waals surface area (Å²) >= 11 is 1.35. The molecule has 158 valence electrons. The fourth-order valence-electron chi connectivity index (χ4n) is 3.91. The molecule has 0 aliphatic carbocycles. The third kappa shape index (κ3) is 3.49. The maximum atomic E-state index is 12.7. The third-order valence-electron chi connectivity index (χ3n) is 5.35. The number of nitrogens with zero attached hydrogens (tertiary/aromatic N) is 4. The van der Waals surface area contributed by atoms with Gasteiger partial charge < -0.3 is 15.8 Å². The molecule has 0 spiro atoms. The van der Waals surface area contributed by atoms with Crippen LogP contribution in [0.15, 0.2) is 42.2 Å². The Hall–Kier alpha value is -3.50. The molecule has 0 unspecified atom stereocenters. The van der Waals surface area contributed by atoms with Gasteiger partial charge in [0.05, 0.1) is 18.7 Å². The number of benzene rings is 1. The molecule has 4 heterocycles. The summed E-state index contributed by atoms with van der Waals surface area (Å²) in [5, 5.41) is 8.60. The molecular weight excluding hydrogens is 414 g/mol. The van der Waals surface area contributed by atoms with Gasteiger partial charge in [-0.25, -0.2) is 15.0 Å². The van der Waals surface area contributed by atoms with Crippen molar-refractivity contribution in [2.24, 2.45) is 0 Å². The summed E-state index contributed by atoms with van der Waals surface area (Å²) in [6.07, 6.45) is 7.31. The molecule has 10 heteroatoms. The van der Waals surface area contributed by atoms with E-state index < -0.39 is 0 Å². The highest BCUT2D eigenvalue weighted by Gasteiger charge is 2.25. The van der Waals surface area contributed by atoms with E-state index in [2.05, 4.69) is 20.6 Å². The average molecular weight is 436 g/mol. The number of methoxy groups -OCH3 is 1. The van der Waals surface area contributed by atoms with Crippen LogP contribution in [0.1, 0.15) is 35.1 Å². The second-order valence-electron chi connectivity index (χ2n) is 7.21. The Kier molecular flexibility index (Phi) is 5.00. The summed E-state index contributed by atoms with van der Waals surface area (Å²) < 4.78 is 7.52. The standard InChI is InChI=1S/C21H21N7O2S/c1-30-15-11-12(4-5-13(15)20(29)27-21-25-8-10-31-21)16-17-18(22)24-7-9-28(17)19(26-16)14-3-2-6-23-14/h4-5,7-11,14,23H,2-3,6H2,1H3,(H2,22,24)(H,25,27,29)/t14-/m0/s1. The molecule has 0 radical (unpaired) electrons. The highest BCUT2D eigenvalue weighted by atomic mass is 32.1. The molecule has 5 rings (SSSR count). The summed E-state index contributed by atoms with van der Waals surface area (Å²) in [6, 6.07) is 5.54. The Morgan fingerprint density at radius 1 is 1.35 bits per heavy atom. The van der Waals surface area contributed by atoms with E-state index in [9.17, 15) is 4.79 Å². The summed E-state index contributed by atoms with van der Waals surface area (Å²) in [5.74, 6) is 1.46. The zero-order valence-corrected chi connectivity index (χ0v) is 17.6. The molecule has 0 bridgehead atoms. The van der Waals surface area contributed by atoms with E-state index in [1.807, 2.05) is 16.7 Å². The van der Waals surface area contributed by atoms with E-state index in [4.69, 9.17) is 15.5 Å². The van der Waals surface area contributed by atoms with Crippen LogP contribution >= 0.6 is 11.3 Å². The van der Waals surface area contributed by atoms with Gasteiger partial charge in [0, 0.05) is 29.5 Å². The van der Waals surface area contributed by atoms with Crippen LogP contribution in [0.25, 0.3) is 16.8 Å². The fourth-order valence-corrected chi connectivity index (χ4v) is 4.44. The normalized spacial score (nSPS) is 16.0. The van der Waals surface area contributed by atoms with Gasteiger partial charge in [0.2, 0.25) is 0 Å². The minimum atomic E-state index is -0.287. The lowest BCUT2D eigenvalue weighted by Crippen LogP contribution is -2.16. The molecule has 1 atom stereocenters. The lowest BCUT2D eigenvalue weighted by molar-refractivity contribution is 0.102. The number of thiazole rings is 1. The number of ether oxygens (including phenoxy) is 1. The van der Waals surface area contributed by atoms with Gasteiger partial charge in [0.1, 0.15) is 28.6 Å². The van der Waals surface area contributed by atoms with Gasteiger partial charge in [-0.2, -0.15) is 0 Å². The molecule has 4 aromatic rings. The number of fused-ring (bicyclic) bond motifs is 1. The Morgan fingerprint density at radius 3 is 3.00 bits per heavy atom. The molecule has 31 heavy (non-hydrogen) atoms. The molecular formula is C21H21N7O2S. The van der Waals surface area contributed by atoms with Crippen molar-refractivity contribution >= 4 is 33.7 Å². The smallest absolute Gasteiger partial charge is 0.261 e. The van der Waals surface area contributed by atoms with Crippen molar-refractivity contribution in [3.8, 4) is 17.0 Å². The SMILES string of the molecule is COc1cc(-c2nc([C@@H]3CCCN3)n3ccnc(N)c23)ccc1C(=O)Nc1nccs1. The second kappa shape index (κ2) is 7.97. The monoisotopic (exact) mass is 435 g/mol. The van der Waals surface area contributed by atoms with Crippen LogP contribution in [0.5, 0.6) is 5.75 Å². The fraction of sp³-hybridized carbons (Fsp3) is 0.238. The Labute approximate surface area is 182 Å². The first-order chi connectivity index (χ1) is 15.2. The van der Waals surface area contributed by atoms with Crippen LogP contribution in [0.3, 0.4) is 0 Å². The van der Waals surface area contributed by atoms with Crippen LogP contribution < -0.4 is 21.1 Å². The van der Waals surface area contributed by atoms with Crippen molar-refractivity contribution in [1.82, 2.24) is 24.7 Å². The van der Waals surface area contributed by atoms with E-state index in [1.54, 1.807) is 29.9 Å². The third-order valence-corrected chi connectivity index (χ3v) is 6.04. The van der Waals surface area contributed by atoms with Gasteiger partial charge in [-0.1, -0.05) is 6.07 Å². The van der Waals surface area contributed by atoms with Crippen molar-refractivity contribution in [2.75, 3.05) is 24.7 Å². The van der Waals surface area contributed by atoms with Crippen LogP contribution in [-0.2, 0) is 0 Å². The zero-order chi connectivity index (χ0) is 21.4. The van der Waals surface area contributed by atoms with E-state index in [0.29, 0.717) is 28.0 Å². The Balaban J connectivity index is 1.58. The van der Waals surface area contributed by atoms with E-state index in [-0.39, 0.29) is 11.9 Å². The second-order valence-corrected chi connectivity index (χ2v) is 8.10. The first-order valence-corrected chi connectivity index (χ1v) is 10.8. The van der Waals surface area contributed by atoms with Crippen LogP contribution in [0.4, 0.5) is 10.9 Å². The molecule has 0 saturated carbocycles. The summed E-state index contributed by atoms with van der Waals surface area (Å²) in [6.45, 7) is 0.964. The molecule has 1 saturated heterocycles. The number of nitrogens with one attached hydrogen (secondary N) is 2. The van der Waals surface area contributed by atoms with E-state index >= 15 is 0 Å². The van der Waals surface area contributed by atoms with E-state index in [1.165, 1.54) is 18.4 Å². The van der Waals surface area contributed by atoms with Crippen molar-refractivity contribution in [1.29, 1.82) is 0 Å². The number of amides is 1. The number of hydrogen-bond acceptors (Lipinski definition) is 8. The number of nitrogen functional groups attached to an aromatic ring is 1. The average Bonchev–Trinajstić information content (AvgIpc) is 3.54. The molecule has 1 aliphatic heterocycles. The maximum Gasteiger partial charge on any atom is 0.261 e. The molecule has 3 aromatic heterocycles. The topological polar surface area (TPSA) is 119 Å². The van der Waals surface area contributed by atoms with Gasteiger partial charge in [0.25, 0.3) is 5.91 Å². The van der Waals surface area contributed by atoms with Gasteiger partial charge in [-0.15, -0.1) is 11.3 Å². The van der Waals surface area contributed by atoms with Crippen molar-refractivity contribution in [3.63, 3.8) is 0 Å². The molecule has 4 N–H and O–H groups in total. The minimum absolute atomic E-state index is 0.160. The van der Waals surface area contributed by atoms with Crippen LogP contribution in [-0.4, -0.2) is 38.9 Å². The number of anilines is 2. The number of carbonyl (C=O) groups excluding carboxylic acids is 1. The highest BCUT2D eigenvalue weighted by Crippen LogP contribution is 2.35. The van der Waals surface area contributed by atoms with Gasteiger partial charge in [-0.3, -0.25) is 14.5 Å². The maximum absolute atomic E-state index is 12.7. The predicted molar refractivity (Wildman–Crippen MR) is 119 cm³/mol. The van der Waals surface area contributed by atoms with Gasteiger partial charge in [-0.05, 0) is 31.5 Å². The first kappa shape index (κ1) is 19.5. The van der Waals surface area contributed by atoms with Crippen molar-refractivity contribution in [2.45, 2.75) is 18.9 Å². The largest absolute Gasteiger partial charge is 0.496 e. The van der Waals surface area contributed by atoms with Crippen LogP contribution in [0, 0.1) is 0 Å². The molecule has 1 aromatic carbocycles. The molecule has 9 nitrogen and oxygen atoms in total. The summed E-state index contributed by atoms with van der Waals surface area (Å²) in [7, 11) is 1.54. The van der Waals surface area contributed by atoms with Gasteiger partial charge >= 0.3 is 0 Å². The number of nitrogens with two attached hydrogens (primary N) is 1. The molecule has 1 fully saturated rings. The first-order valence-electron chi connectivity index (χ1n) is 9.91. The zero-order valence-electron chi connectivity index (χ0n) is 16.8. The number of imidazole rings is 1. The number of hydrogen-bond donors (Lipinski definition) is 3. The number of aromatic nitrogens is 4. The van der Waals surface area contributed by atoms with Gasteiger partial charge in [0.15, 0.2) is 5.13 Å². The quantitative estimate of drug-likeness (QED) is 0.441. The molecule has 1 amide bonds. The number of carbonyl (C=O) groups is 1. The van der Waals surface area contributed by atoms with Crippen LogP contribution in [0.2, 0.25) is 0 Å². The van der Waals surface area contributed by atoms with Crippen molar-refractivity contribution < 1.29 is 9.53 Å². The minimum Gasteiger partial charge on any atom is -0.496 e. The van der Waals surface area contributed by atoms with E-state index in [0.717, 1.165) is 36.3 Å². The lowest BCUT2D eigenvalue weighted by atomic mass is 10.1. The summed E-state index contributed by atoms with van der Waals surface area (Å²) in [5.41, 5.74) is 8.90. The predicted octanol–water partition coefficient (Wildman–Crippen LogP) is 3.12.